The molecule has 1 aliphatic rings. The van der Waals surface area contributed by atoms with Gasteiger partial charge in [0.15, 0.2) is 0 Å². The molecule has 1 heterocycles. The molecule has 0 saturated heterocycles. The van der Waals surface area contributed by atoms with Gasteiger partial charge in [-0.3, -0.25) is 9.59 Å². The number of methoxy groups -OCH3 is 2. The number of amides is 2. The van der Waals surface area contributed by atoms with E-state index in [1.165, 1.54) is 16.0 Å². The van der Waals surface area contributed by atoms with E-state index in [-0.39, 0.29) is 24.8 Å². The molecule has 0 radical (unpaired) electrons. The van der Waals surface area contributed by atoms with Crippen LogP contribution in [0.25, 0.3) is 0 Å². The van der Waals surface area contributed by atoms with E-state index in [0.29, 0.717) is 36.6 Å². The Hall–Kier alpha value is -3.26. The smallest absolute Gasteiger partial charge is 0.262 e. The van der Waals surface area contributed by atoms with Crippen LogP contribution in [0.15, 0.2) is 53.6 Å². The normalized spacial score (nSPS) is 15.4. The van der Waals surface area contributed by atoms with Crippen molar-refractivity contribution in [1.29, 1.82) is 0 Å². The van der Waals surface area contributed by atoms with Crippen LogP contribution >= 0.6 is 0 Å². The van der Waals surface area contributed by atoms with Gasteiger partial charge in [0.1, 0.15) is 18.1 Å². The van der Waals surface area contributed by atoms with Gasteiger partial charge in [-0.05, 0) is 12.1 Å². The van der Waals surface area contributed by atoms with E-state index in [2.05, 4.69) is 5.10 Å². The third-order valence-corrected chi connectivity index (χ3v) is 5.40. The summed E-state index contributed by atoms with van der Waals surface area (Å²) in [5, 5.41) is 5.86. The van der Waals surface area contributed by atoms with Crippen molar-refractivity contribution < 1.29 is 23.5 Å². The fourth-order valence-electron chi connectivity index (χ4n) is 3.73. The third-order valence-electron chi connectivity index (χ3n) is 5.40. The maximum absolute atomic E-state index is 14.5. The van der Waals surface area contributed by atoms with Crippen molar-refractivity contribution in [3.63, 3.8) is 0 Å². The number of para-hydroxylation sites is 1. The molecule has 0 spiro atoms. The first-order valence-corrected chi connectivity index (χ1v) is 10.5. The summed E-state index contributed by atoms with van der Waals surface area (Å²) < 4.78 is 25.0. The second-order valence-electron chi connectivity index (χ2n) is 7.39. The lowest BCUT2D eigenvalue weighted by molar-refractivity contribution is -0.141. The molecule has 170 valence electrons. The number of nitrogens with zero attached hydrogens (tertiary/aromatic N) is 3. The minimum Gasteiger partial charge on any atom is -0.496 e. The maximum Gasteiger partial charge on any atom is 0.262 e. The van der Waals surface area contributed by atoms with Gasteiger partial charge in [0.05, 0.1) is 25.5 Å². The molecule has 1 atom stereocenters. The number of rotatable bonds is 9. The fraction of sp³-hybridized carbons (Fsp3) is 0.375. The van der Waals surface area contributed by atoms with Crippen molar-refractivity contribution in [2.75, 3.05) is 33.9 Å². The molecular formula is C24H28FN3O4. The number of ether oxygens (including phenoxy) is 2. The van der Waals surface area contributed by atoms with Gasteiger partial charge in [0, 0.05) is 37.6 Å². The van der Waals surface area contributed by atoms with Crippen molar-refractivity contribution in [1.82, 2.24) is 9.91 Å². The molecule has 1 aliphatic heterocycles. The van der Waals surface area contributed by atoms with Crippen molar-refractivity contribution in [2.45, 2.75) is 25.8 Å². The van der Waals surface area contributed by atoms with Crippen LogP contribution in [0.3, 0.4) is 0 Å². The van der Waals surface area contributed by atoms with Gasteiger partial charge in [0.2, 0.25) is 5.91 Å². The highest BCUT2D eigenvalue weighted by Crippen LogP contribution is 2.37. The second-order valence-corrected chi connectivity index (χ2v) is 7.39. The highest BCUT2D eigenvalue weighted by atomic mass is 19.1. The average Bonchev–Trinajstić information content (AvgIpc) is 3.26. The monoisotopic (exact) mass is 441 g/mol. The number of carbonyl (C=O) groups excluding carboxylic acids is 2. The van der Waals surface area contributed by atoms with Crippen LogP contribution in [0.1, 0.15) is 36.9 Å². The highest BCUT2D eigenvalue weighted by molar-refractivity contribution is 6.03. The summed E-state index contributed by atoms with van der Waals surface area (Å²) in [6.07, 6.45) is 0.601. The first kappa shape index (κ1) is 23.4. The molecule has 0 N–H and O–H groups in total. The average molecular weight is 442 g/mol. The lowest BCUT2D eigenvalue weighted by Gasteiger charge is -2.27. The first-order chi connectivity index (χ1) is 15.5. The maximum atomic E-state index is 14.5. The zero-order valence-electron chi connectivity index (χ0n) is 18.6. The Morgan fingerprint density at radius 1 is 1.16 bits per heavy atom. The van der Waals surface area contributed by atoms with Crippen LogP contribution in [-0.4, -0.2) is 61.4 Å². The highest BCUT2D eigenvalue weighted by Gasteiger charge is 2.36. The zero-order chi connectivity index (χ0) is 23.1. The summed E-state index contributed by atoms with van der Waals surface area (Å²) in [6, 6.07) is 13.2. The SMILES string of the molecule is CCC(=O)N(CCOC)CC(=O)N1N=C(c2ccccc2F)C[C@H]1c1ccccc1OC. The lowest BCUT2D eigenvalue weighted by atomic mass is 9.97. The van der Waals surface area contributed by atoms with Gasteiger partial charge >= 0.3 is 0 Å². The van der Waals surface area contributed by atoms with Crippen molar-refractivity contribution >= 4 is 17.5 Å². The Bertz CT molecular complexity index is 995. The standard InChI is InChI=1S/C24H28FN3O4/c1-4-23(29)27(13-14-31-2)16-24(30)28-21(18-10-6-8-12-22(18)32-3)15-20(26-28)17-9-5-7-11-19(17)25/h5-12,21H,4,13-16H2,1-3H3/t21-/m0/s1. The van der Waals surface area contributed by atoms with Gasteiger partial charge in [-0.1, -0.05) is 43.3 Å². The van der Waals surface area contributed by atoms with Crippen LogP contribution in [0.2, 0.25) is 0 Å². The van der Waals surface area contributed by atoms with Crippen LogP contribution in [-0.2, 0) is 14.3 Å². The zero-order valence-corrected chi connectivity index (χ0v) is 18.6. The third kappa shape index (κ3) is 5.13. The molecule has 3 rings (SSSR count). The number of hydrazone groups is 1. The molecule has 0 fully saturated rings. The molecule has 0 saturated carbocycles. The molecule has 0 aliphatic carbocycles. The summed E-state index contributed by atoms with van der Waals surface area (Å²) in [5.41, 5.74) is 1.59. The predicted octanol–water partition coefficient (Wildman–Crippen LogP) is 3.40. The van der Waals surface area contributed by atoms with Crippen LogP contribution in [0.4, 0.5) is 4.39 Å². The molecule has 2 aromatic rings. The Balaban J connectivity index is 1.95. The van der Waals surface area contributed by atoms with E-state index in [0.717, 1.165) is 5.56 Å². The molecule has 2 aromatic carbocycles. The van der Waals surface area contributed by atoms with Crippen LogP contribution in [0, 0.1) is 5.82 Å². The van der Waals surface area contributed by atoms with E-state index in [1.807, 2.05) is 24.3 Å². The topological polar surface area (TPSA) is 71.4 Å². The van der Waals surface area contributed by atoms with E-state index in [9.17, 15) is 14.0 Å². The van der Waals surface area contributed by atoms with E-state index in [1.54, 1.807) is 39.3 Å². The Morgan fingerprint density at radius 2 is 1.88 bits per heavy atom. The molecule has 2 amide bonds. The number of carbonyl (C=O) groups is 2. The van der Waals surface area contributed by atoms with E-state index < -0.39 is 11.9 Å². The minimum atomic E-state index is -0.478. The quantitative estimate of drug-likeness (QED) is 0.598. The molecular weight excluding hydrogens is 413 g/mol. The van der Waals surface area contributed by atoms with E-state index in [4.69, 9.17) is 9.47 Å². The Morgan fingerprint density at radius 3 is 2.56 bits per heavy atom. The number of hydrogen-bond acceptors (Lipinski definition) is 5. The molecule has 8 heteroatoms. The van der Waals surface area contributed by atoms with Gasteiger partial charge < -0.3 is 14.4 Å². The molecule has 0 aromatic heterocycles. The van der Waals surface area contributed by atoms with Crippen LogP contribution < -0.4 is 4.74 Å². The number of hydrogen-bond donors (Lipinski definition) is 0. The predicted molar refractivity (Wildman–Crippen MR) is 119 cm³/mol. The summed E-state index contributed by atoms with van der Waals surface area (Å²) in [4.78, 5) is 27.1. The molecule has 0 unspecified atom stereocenters. The number of halogens is 1. The van der Waals surface area contributed by atoms with Gasteiger partial charge in [-0.25, -0.2) is 9.40 Å². The summed E-state index contributed by atoms with van der Waals surface area (Å²) >= 11 is 0. The van der Waals surface area contributed by atoms with Crippen LogP contribution in [0.5, 0.6) is 5.75 Å². The molecule has 32 heavy (non-hydrogen) atoms. The van der Waals surface area contributed by atoms with Gasteiger partial charge in [-0.2, -0.15) is 5.10 Å². The first-order valence-electron chi connectivity index (χ1n) is 10.5. The van der Waals surface area contributed by atoms with Gasteiger partial charge in [-0.15, -0.1) is 0 Å². The largest absolute Gasteiger partial charge is 0.496 e. The van der Waals surface area contributed by atoms with Crippen molar-refractivity contribution in [3.05, 3.63) is 65.5 Å². The Kier molecular flexibility index (Phi) is 7.94. The van der Waals surface area contributed by atoms with Crippen molar-refractivity contribution in [2.24, 2.45) is 5.10 Å². The van der Waals surface area contributed by atoms with E-state index >= 15 is 0 Å². The summed E-state index contributed by atoms with van der Waals surface area (Å²) in [7, 11) is 3.10. The van der Waals surface area contributed by atoms with Gasteiger partial charge in [0.25, 0.3) is 5.91 Å². The fourth-order valence-corrected chi connectivity index (χ4v) is 3.73. The minimum absolute atomic E-state index is 0.143. The number of benzene rings is 2. The lowest BCUT2D eigenvalue weighted by Crippen LogP contribution is -2.42. The Labute approximate surface area is 187 Å². The second kappa shape index (κ2) is 10.9. The molecule has 7 nitrogen and oxygen atoms in total. The summed E-state index contributed by atoms with van der Waals surface area (Å²) in [6.45, 7) is 2.22. The summed E-state index contributed by atoms with van der Waals surface area (Å²) in [5.74, 6) is -0.296. The molecule has 0 bridgehead atoms. The van der Waals surface area contributed by atoms with Crippen molar-refractivity contribution in [3.8, 4) is 5.75 Å².